The number of methoxy groups -OCH3 is 1. The number of esters is 2. The fourth-order valence-corrected chi connectivity index (χ4v) is 4.95. The third-order valence-corrected chi connectivity index (χ3v) is 6.23. The van der Waals surface area contributed by atoms with Crippen molar-refractivity contribution in [1.29, 1.82) is 0 Å². The summed E-state index contributed by atoms with van der Waals surface area (Å²) in [7, 11) is 1.37. The smallest absolute Gasteiger partial charge is 0.336 e. The van der Waals surface area contributed by atoms with Crippen LogP contribution in [0.5, 0.6) is 0 Å². The molecule has 1 heterocycles. The van der Waals surface area contributed by atoms with Gasteiger partial charge in [-0.3, -0.25) is 4.79 Å². The summed E-state index contributed by atoms with van der Waals surface area (Å²) in [4.78, 5) is 26.6. The first kappa shape index (κ1) is 19.8. The van der Waals surface area contributed by atoms with E-state index >= 15 is 0 Å². The predicted molar refractivity (Wildman–Crippen MR) is 107 cm³/mol. The minimum Gasteiger partial charge on any atom is -0.469 e. The molecule has 7 heteroatoms. The molecular weight excluding hydrogens is 386 g/mol. The zero-order valence-electron chi connectivity index (χ0n) is 15.5. The summed E-state index contributed by atoms with van der Waals surface area (Å²) < 4.78 is 10.5. The van der Waals surface area contributed by atoms with Crippen LogP contribution >= 0.6 is 23.4 Å². The standard InChI is InChI=1S/C20H22ClNO4S/c1-4-26-20(24)16-15(12-6-5-7-13(21)10-12)14(19(23)25-3)11(2)18-17(16)22-8-9-27-18/h5-7,10,14-15,22H,4,8-9H2,1-3H3/t14-,15+/m0/s1. The Kier molecular flexibility index (Phi) is 6.17. The molecule has 0 bridgehead atoms. The van der Waals surface area contributed by atoms with Crippen LogP contribution in [0.4, 0.5) is 0 Å². The molecule has 0 radical (unpaired) electrons. The van der Waals surface area contributed by atoms with E-state index in [0.717, 1.165) is 34.0 Å². The first-order chi connectivity index (χ1) is 13.0. The molecule has 3 rings (SSSR count). The normalized spacial score (nSPS) is 22.1. The summed E-state index contributed by atoms with van der Waals surface area (Å²) in [5, 5.41) is 3.89. The lowest BCUT2D eigenvalue weighted by Crippen LogP contribution is -2.38. The van der Waals surface area contributed by atoms with Crippen LogP contribution in [0.2, 0.25) is 5.02 Å². The first-order valence-electron chi connectivity index (χ1n) is 8.82. The molecule has 0 amide bonds. The molecule has 2 aliphatic rings. The molecule has 0 saturated carbocycles. The van der Waals surface area contributed by atoms with Crippen molar-refractivity contribution in [1.82, 2.24) is 5.32 Å². The van der Waals surface area contributed by atoms with Gasteiger partial charge in [-0.1, -0.05) is 23.7 Å². The number of fused-ring (bicyclic) bond motifs is 1. The zero-order chi connectivity index (χ0) is 19.6. The highest BCUT2D eigenvalue weighted by Crippen LogP contribution is 2.49. The maximum Gasteiger partial charge on any atom is 0.336 e. The minimum atomic E-state index is -0.612. The largest absolute Gasteiger partial charge is 0.469 e. The highest BCUT2D eigenvalue weighted by atomic mass is 35.5. The van der Waals surface area contributed by atoms with E-state index in [9.17, 15) is 9.59 Å². The number of benzene rings is 1. The highest BCUT2D eigenvalue weighted by molar-refractivity contribution is 8.03. The van der Waals surface area contributed by atoms with Crippen molar-refractivity contribution >= 4 is 35.3 Å². The number of nitrogens with one attached hydrogen (secondary N) is 1. The lowest BCUT2D eigenvalue weighted by atomic mass is 9.72. The van der Waals surface area contributed by atoms with Crippen molar-refractivity contribution in [2.75, 3.05) is 26.0 Å². The number of carbonyl (C=O) groups excluding carboxylic acids is 2. The summed E-state index contributed by atoms with van der Waals surface area (Å²) in [5.41, 5.74) is 2.89. The Bertz CT molecular complexity index is 833. The van der Waals surface area contributed by atoms with Crippen molar-refractivity contribution in [3.63, 3.8) is 0 Å². The maximum absolute atomic E-state index is 12.9. The number of hydrogen-bond donors (Lipinski definition) is 1. The molecular formula is C20H22ClNO4S. The average Bonchev–Trinajstić information content (AvgIpc) is 2.67. The topological polar surface area (TPSA) is 64.6 Å². The molecule has 1 saturated heterocycles. The van der Waals surface area contributed by atoms with Crippen LogP contribution in [0.25, 0.3) is 0 Å². The molecule has 144 valence electrons. The van der Waals surface area contributed by atoms with Gasteiger partial charge >= 0.3 is 11.9 Å². The molecule has 2 atom stereocenters. The van der Waals surface area contributed by atoms with Crippen LogP contribution in [0.15, 0.2) is 46.0 Å². The summed E-state index contributed by atoms with van der Waals surface area (Å²) in [6, 6.07) is 7.24. The lowest BCUT2D eigenvalue weighted by molar-refractivity contribution is -0.145. The van der Waals surface area contributed by atoms with Crippen molar-refractivity contribution in [2.24, 2.45) is 5.92 Å². The Morgan fingerprint density at radius 3 is 2.81 bits per heavy atom. The van der Waals surface area contributed by atoms with E-state index in [0.29, 0.717) is 10.6 Å². The van der Waals surface area contributed by atoms with Gasteiger partial charge in [0.15, 0.2) is 0 Å². The van der Waals surface area contributed by atoms with Gasteiger partial charge in [0.1, 0.15) is 0 Å². The zero-order valence-corrected chi connectivity index (χ0v) is 17.1. The molecule has 1 aliphatic heterocycles. The SMILES string of the molecule is CCOC(=O)C1=C2NCCSC2=C(C)[C@H](C(=O)OC)[C@H]1c1cccc(Cl)c1. The third-order valence-electron chi connectivity index (χ3n) is 4.77. The van der Waals surface area contributed by atoms with E-state index in [1.807, 2.05) is 19.1 Å². The second-order valence-electron chi connectivity index (χ2n) is 6.33. The molecule has 27 heavy (non-hydrogen) atoms. The van der Waals surface area contributed by atoms with Crippen LogP contribution in [-0.2, 0) is 19.1 Å². The van der Waals surface area contributed by atoms with Crippen LogP contribution in [-0.4, -0.2) is 38.0 Å². The molecule has 0 spiro atoms. The van der Waals surface area contributed by atoms with Gasteiger partial charge in [0, 0.05) is 28.1 Å². The van der Waals surface area contributed by atoms with E-state index < -0.39 is 17.8 Å². The van der Waals surface area contributed by atoms with Crippen molar-refractivity contribution < 1.29 is 19.1 Å². The highest BCUT2D eigenvalue weighted by Gasteiger charge is 2.45. The number of thioether (sulfide) groups is 1. The van der Waals surface area contributed by atoms with Gasteiger partial charge in [-0.15, -0.1) is 11.8 Å². The summed E-state index contributed by atoms with van der Waals surface area (Å²) in [5.74, 6) is -1.08. The van der Waals surface area contributed by atoms with E-state index in [-0.39, 0.29) is 12.6 Å². The van der Waals surface area contributed by atoms with Gasteiger partial charge in [0.2, 0.25) is 0 Å². The lowest BCUT2D eigenvalue weighted by Gasteiger charge is -2.37. The van der Waals surface area contributed by atoms with Crippen LogP contribution in [0.3, 0.4) is 0 Å². The Balaban J connectivity index is 2.26. The minimum absolute atomic E-state index is 0.256. The monoisotopic (exact) mass is 407 g/mol. The van der Waals surface area contributed by atoms with Crippen molar-refractivity contribution in [3.05, 3.63) is 56.6 Å². The number of hydrogen-bond acceptors (Lipinski definition) is 6. The molecule has 0 aromatic heterocycles. The molecule has 1 N–H and O–H groups in total. The fourth-order valence-electron chi connectivity index (χ4n) is 3.66. The number of halogens is 1. The van der Waals surface area contributed by atoms with Crippen LogP contribution in [0, 0.1) is 5.92 Å². The molecule has 5 nitrogen and oxygen atoms in total. The molecule has 1 fully saturated rings. The van der Waals surface area contributed by atoms with Crippen molar-refractivity contribution in [2.45, 2.75) is 19.8 Å². The number of rotatable bonds is 4. The van der Waals surface area contributed by atoms with E-state index in [1.54, 1.807) is 30.8 Å². The average molecular weight is 408 g/mol. The van der Waals surface area contributed by atoms with E-state index in [1.165, 1.54) is 7.11 Å². The molecule has 1 aliphatic carbocycles. The molecule has 0 unspecified atom stereocenters. The Morgan fingerprint density at radius 1 is 1.37 bits per heavy atom. The van der Waals surface area contributed by atoms with Crippen LogP contribution in [0.1, 0.15) is 25.3 Å². The molecule has 1 aromatic carbocycles. The Morgan fingerprint density at radius 2 is 2.15 bits per heavy atom. The second-order valence-corrected chi connectivity index (χ2v) is 7.87. The Labute approximate surface area is 168 Å². The van der Waals surface area contributed by atoms with Gasteiger partial charge in [0.25, 0.3) is 0 Å². The summed E-state index contributed by atoms with van der Waals surface area (Å²) in [6.45, 7) is 4.69. The van der Waals surface area contributed by atoms with Crippen molar-refractivity contribution in [3.8, 4) is 0 Å². The maximum atomic E-state index is 12.9. The van der Waals surface area contributed by atoms with E-state index in [4.69, 9.17) is 21.1 Å². The number of ether oxygens (including phenoxy) is 2. The molecule has 1 aromatic rings. The quantitative estimate of drug-likeness (QED) is 0.768. The number of carbonyl (C=O) groups is 2. The van der Waals surface area contributed by atoms with Gasteiger partial charge in [-0.05, 0) is 37.1 Å². The summed E-state index contributed by atoms with van der Waals surface area (Å²) >= 11 is 7.85. The first-order valence-corrected chi connectivity index (χ1v) is 10.2. The summed E-state index contributed by atoms with van der Waals surface area (Å²) in [6.07, 6.45) is 0. The van der Waals surface area contributed by atoms with Gasteiger partial charge in [0.05, 0.1) is 30.9 Å². The second kappa shape index (κ2) is 8.40. The van der Waals surface area contributed by atoms with Gasteiger partial charge in [-0.25, -0.2) is 4.79 Å². The third kappa shape index (κ3) is 3.73. The Hall–Kier alpha value is -1.92. The van der Waals surface area contributed by atoms with E-state index in [2.05, 4.69) is 5.32 Å². The van der Waals surface area contributed by atoms with Crippen LogP contribution < -0.4 is 5.32 Å². The van der Waals surface area contributed by atoms with Gasteiger partial charge in [-0.2, -0.15) is 0 Å². The van der Waals surface area contributed by atoms with Gasteiger partial charge < -0.3 is 14.8 Å². The fraction of sp³-hybridized carbons (Fsp3) is 0.400. The predicted octanol–water partition coefficient (Wildman–Crippen LogP) is 3.65.